The first-order valence-electron chi connectivity index (χ1n) is 9.20. The third-order valence-corrected chi connectivity index (χ3v) is 4.56. The van der Waals surface area contributed by atoms with Gasteiger partial charge in [0.2, 0.25) is 0 Å². The van der Waals surface area contributed by atoms with Crippen molar-refractivity contribution in [3.63, 3.8) is 0 Å². The Morgan fingerprint density at radius 3 is 2.33 bits per heavy atom. The van der Waals surface area contributed by atoms with E-state index in [1.54, 1.807) is 34.1 Å². The third kappa shape index (κ3) is 6.86. The maximum atomic E-state index is 13.7. The molecule has 0 aliphatic heterocycles. The van der Waals surface area contributed by atoms with Crippen LogP contribution >= 0.6 is 24.0 Å². The van der Waals surface area contributed by atoms with Gasteiger partial charge < -0.3 is 15.4 Å². The summed E-state index contributed by atoms with van der Waals surface area (Å²) in [6, 6.07) is 6.05. The highest BCUT2D eigenvalue weighted by molar-refractivity contribution is 14.0. The lowest BCUT2D eigenvalue weighted by Crippen LogP contribution is -2.45. The first-order chi connectivity index (χ1) is 13.5. The number of aliphatic imine (C=N–C) groups is 1. The fourth-order valence-electron chi connectivity index (χ4n) is 2.77. The van der Waals surface area contributed by atoms with Gasteiger partial charge in [0.1, 0.15) is 0 Å². The molecule has 2 aromatic rings. The molecule has 0 saturated heterocycles. The smallest absolute Gasteiger partial charge is 0.377 e. The van der Waals surface area contributed by atoms with Gasteiger partial charge in [0.05, 0.1) is 22.5 Å². The minimum absolute atomic E-state index is 0. The summed E-state index contributed by atoms with van der Waals surface area (Å²) in [6.45, 7) is 7.82. The first kappa shape index (κ1) is 26.2. The molecule has 10 heteroatoms. The van der Waals surface area contributed by atoms with Crippen LogP contribution in [0.2, 0.25) is 0 Å². The Kier molecular flexibility index (Phi) is 9.15. The molecule has 1 aromatic heterocycles. The number of nitrogens with one attached hydrogen (secondary N) is 2. The van der Waals surface area contributed by atoms with E-state index in [0.29, 0.717) is 18.2 Å². The quantitative estimate of drug-likeness (QED) is 0.328. The van der Waals surface area contributed by atoms with Crippen molar-refractivity contribution in [2.24, 2.45) is 4.99 Å². The summed E-state index contributed by atoms with van der Waals surface area (Å²) >= 11 is 0. The minimum atomic E-state index is -4.49. The van der Waals surface area contributed by atoms with Crippen LogP contribution in [-0.4, -0.2) is 42.0 Å². The molecule has 0 fully saturated rings. The van der Waals surface area contributed by atoms with Crippen LogP contribution in [0, 0.1) is 13.8 Å². The molecule has 0 radical (unpaired) electrons. The minimum Gasteiger partial charge on any atom is -0.377 e. The predicted octanol–water partition coefficient (Wildman–Crippen LogP) is 4.22. The van der Waals surface area contributed by atoms with Crippen molar-refractivity contribution in [1.29, 1.82) is 0 Å². The Bertz CT molecular complexity index is 878. The molecular weight excluding hydrogens is 510 g/mol. The Hall–Kier alpha value is -1.82. The van der Waals surface area contributed by atoms with Crippen LogP contribution < -0.4 is 10.6 Å². The second kappa shape index (κ2) is 10.5. The number of methoxy groups -OCH3 is 1. The van der Waals surface area contributed by atoms with E-state index < -0.39 is 17.3 Å². The van der Waals surface area contributed by atoms with E-state index >= 15 is 0 Å². The van der Waals surface area contributed by atoms with Gasteiger partial charge in [-0.1, -0.05) is 6.07 Å². The average molecular weight is 539 g/mol. The molecule has 168 valence electrons. The van der Waals surface area contributed by atoms with E-state index in [1.807, 2.05) is 19.9 Å². The van der Waals surface area contributed by atoms with E-state index in [4.69, 9.17) is 4.74 Å². The largest absolute Gasteiger partial charge is 0.416 e. The van der Waals surface area contributed by atoms with Crippen LogP contribution in [0.4, 0.5) is 13.2 Å². The molecule has 0 amide bonds. The van der Waals surface area contributed by atoms with Crippen LogP contribution in [0.1, 0.15) is 36.4 Å². The maximum Gasteiger partial charge on any atom is 0.416 e. The zero-order valence-corrected chi connectivity index (χ0v) is 20.3. The number of benzene rings is 1. The third-order valence-electron chi connectivity index (χ3n) is 4.56. The standard InChI is InChI=1S/C20H28F3N5O.HI/c1-13-9-14(2)28(27-13)16-8-7-15(17(10-16)20(21,22)23)11-25-18(24-5)26-12-19(3,4)29-6;/h7-10H,11-12H2,1-6H3,(H2,24,25,26);1H. The van der Waals surface area contributed by atoms with Crippen molar-refractivity contribution in [2.45, 2.75) is 46.0 Å². The second-order valence-electron chi connectivity index (χ2n) is 7.42. The van der Waals surface area contributed by atoms with Gasteiger partial charge in [0.15, 0.2) is 5.96 Å². The molecule has 2 N–H and O–H groups in total. The van der Waals surface area contributed by atoms with Crippen molar-refractivity contribution >= 4 is 29.9 Å². The van der Waals surface area contributed by atoms with Crippen LogP contribution in [0.5, 0.6) is 0 Å². The Morgan fingerprint density at radius 2 is 1.83 bits per heavy atom. The topological polar surface area (TPSA) is 63.5 Å². The highest BCUT2D eigenvalue weighted by atomic mass is 127. The molecule has 0 bridgehead atoms. The highest BCUT2D eigenvalue weighted by Gasteiger charge is 2.34. The Balaban J connectivity index is 0.00000450. The van der Waals surface area contributed by atoms with Gasteiger partial charge in [-0.2, -0.15) is 18.3 Å². The molecule has 2 rings (SSSR count). The summed E-state index contributed by atoms with van der Waals surface area (Å²) in [7, 11) is 3.16. The fraction of sp³-hybridized carbons (Fsp3) is 0.500. The van der Waals surface area contributed by atoms with Crippen LogP contribution in [-0.2, 0) is 17.5 Å². The molecule has 0 aliphatic rings. The van der Waals surface area contributed by atoms with E-state index in [9.17, 15) is 13.2 Å². The SMILES string of the molecule is CN=C(NCc1ccc(-n2nc(C)cc2C)cc1C(F)(F)F)NCC(C)(C)OC.I. The lowest BCUT2D eigenvalue weighted by Gasteiger charge is -2.24. The van der Waals surface area contributed by atoms with Crippen molar-refractivity contribution in [3.8, 4) is 5.69 Å². The van der Waals surface area contributed by atoms with Crippen LogP contribution in [0.3, 0.4) is 0 Å². The number of hydrogen-bond donors (Lipinski definition) is 2. The molecule has 6 nitrogen and oxygen atoms in total. The van der Waals surface area contributed by atoms with Crippen LogP contribution in [0.25, 0.3) is 5.69 Å². The number of ether oxygens (including phenoxy) is 1. The summed E-state index contributed by atoms with van der Waals surface area (Å²) in [5.74, 6) is 0.394. The number of nitrogens with zero attached hydrogens (tertiary/aromatic N) is 3. The predicted molar refractivity (Wildman–Crippen MR) is 123 cm³/mol. The summed E-state index contributed by atoms with van der Waals surface area (Å²) < 4.78 is 47.9. The monoisotopic (exact) mass is 539 g/mol. The molecule has 0 saturated carbocycles. The lowest BCUT2D eigenvalue weighted by molar-refractivity contribution is -0.138. The van der Waals surface area contributed by atoms with Crippen molar-refractivity contribution in [3.05, 3.63) is 46.8 Å². The number of halogens is 4. The van der Waals surface area contributed by atoms with Gasteiger partial charge in [0.25, 0.3) is 0 Å². The number of guanidine groups is 1. The lowest BCUT2D eigenvalue weighted by atomic mass is 10.1. The van der Waals surface area contributed by atoms with Gasteiger partial charge in [-0.15, -0.1) is 24.0 Å². The van der Waals surface area contributed by atoms with E-state index in [-0.39, 0.29) is 36.1 Å². The van der Waals surface area contributed by atoms with Crippen LogP contribution in [0.15, 0.2) is 29.3 Å². The molecular formula is C20H29F3IN5O. The van der Waals surface area contributed by atoms with Gasteiger partial charge in [-0.05, 0) is 51.5 Å². The second-order valence-corrected chi connectivity index (χ2v) is 7.42. The number of aromatic nitrogens is 2. The van der Waals surface area contributed by atoms with Gasteiger partial charge in [0, 0.05) is 32.9 Å². The summed E-state index contributed by atoms with van der Waals surface area (Å²) in [6.07, 6.45) is -4.49. The zero-order chi connectivity index (χ0) is 21.8. The van der Waals surface area contributed by atoms with Gasteiger partial charge >= 0.3 is 6.18 Å². The molecule has 0 unspecified atom stereocenters. The normalized spacial score (nSPS) is 12.5. The molecule has 0 aliphatic carbocycles. The van der Waals surface area contributed by atoms with Gasteiger partial charge in [-0.25, -0.2) is 4.68 Å². The summed E-state index contributed by atoms with van der Waals surface area (Å²) in [5, 5.41) is 10.3. The first-order valence-corrected chi connectivity index (χ1v) is 9.20. The summed E-state index contributed by atoms with van der Waals surface area (Å²) in [5.41, 5.74) is 0.869. The number of aryl methyl sites for hydroxylation is 2. The fourth-order valence-corrected chi connectivity index (χ4v) is 2.77. The number of rotatable bonds is 6. The molecule has 0 atom stereocenters. The van der Waals surface area contributed by atoms with E-state index in [1.165, 1.54) is 10.7 Å². The van der Waals surface area contributed by atoms with Gasteiger partial charge in [-0.3, -0.25) is 4.99 Å². The number of hydrogen-bond acceptors (Lipinski definition) is 3. The van der Waals surface area contributed by atoms with E-state index in [0.717, 1.165) is 17.5 Å². The highest BCUT2D eigenvalue weighted by Crippen LogP contribution is 2.33. The molecule has 1 aromatic carbocycles. The van der Waals surface area contributed by atoms with Crippen molar-refractivity contribution < 1.29 is 17.9 Å². The Morgan fingerprint density at radius 1 is 1.17 bits per heavy atom. The molecule has 1 heterocycles. The average Bonchev–Trinajstić information content (AvgIpc) is 2.99. The molecule has 0 spiro atoms. The Labute approximate surface area is 192 Å². The zero-order valence-electron chi connectivity index (χ0n) is 18.0. The van der Waals surface area contributed by atoms with E-state index in [2.05, 4.69) is 20.7 Å². The number of alkyl halides is 3. The molecule has 30 heavy (non-hydrogen) atoms. The maximum absolute atomic E-state index is 13.7. The van der Waals surface area contributed by atoms with Crippen molar-refractivity contribution in [1.82, 2.24) is 20.4 Å². The summed E-state index contributed by atoms with van der Waals surface area (Å²) in [4.78, 5) is 4.06. The van der Waals surface area contributed by atoms with Crippen molar-refractivity contribution in [2.75, 3.05) is 20.7 Å².